The molecule has 2 aliphatic carbocycles. The van der Waals surface area contributed by atoms with Crippen molar-refractivity contribution in [3.8, 4) is 0 Å². The summed E-state index contributed by atoms with van der Waals surface area (Å²) in [5.74, 6) is -0.803. The van der Waals surface area contributed by atoms with Crippen molar-refractivity contribution in [1.82, 2.24) is 19.9 Å². The second-order valence-corrected chi connectivity index (χ2v) is 10.3. The summed E-state index contributed by atoms with van der Waals surface area (Å²) < 4.78 is 1.65. The Morgan fingerprint density at radius 3 is 2.85 bits per heavy atom. The van der Waals surface area contributed by atoms with Gasteiger partial charge in [-0.1, -0.05) is 0 Å². The number of aryl methyl sites for hydroxylation is 2. The lowest BCUT2D eigenvalue weighted by molar-refractivity contribution is -0.142. The molecule has 1 fully saturated rings. The minimum atomic E-state index is -0.770. The van der Waals surface area contributed by atoms with Crippen LogP contribution in [0.3, 0.4) is 0 Å². The van der Waals surface area contributed by atoms with E-state index in [1.807, 2.05) is 6.92 Å². The first-order valence-corrected chi connectivity index (χ1v) is 12.0. The Bertz CT molecular complexity index is 1400. The molecule has 3 aromatic rings. The number of aliphatic carboxylic acids is 1. The third kappa shape index (κ3) is 2.93. The maximum absolute atomic E-state index is 13.6. The molecule has 6 rings (SSSR count). The predicted octanol–water partition coefficient (Wildman–Crippen LogP) is 3.06. The molecular formula is C23H23N5O4S. The number of nitrogens with one attached hydrogen (secondary N) is 2. The van der Waals surface area contributed by atoms with Crippen LogP contribution in [0.2, 0.25) is 0 Å². The molecule has 170 valence electrons. The standard InChI is InChI=1S/C23H23N5O4S/c1-11-8-14(21(30)28-17(11)19(29)27-23(28)6-2-3-7-23)26-18-16-13-5-4-12(22(31)32)9-15(13)33-20(16)25-10-24-18/h8,10,12H,2-7,9H2,1H3,(H,27,29)(H,31,32)(H,24,25,26)/t12-/m0/s1. The third-order valence-corrected chi connectivity index (χ3v) is 8.42. The topological polar surface area (TPSA) is 126 Å². The summed E-state index contributed by atoms with van der Waals surface area (Å²) in [4.78, 5) is 48.4. The first kappa shape index (κ1) is 20.3. The summed E-state index contributed by atoms with van der Waals surface area (Å²) in [6.07, 6.45) is 6.58. The quantitative estimate of drug-likeness (QED) is 0.543. The molecule has 10 heteroatoms. The smallest absolute Gasteiger partial charge is 0.306 e. The molecule has 9 nitrogen and oxygen atoms in total. The van der Waals surface area contributed by atoms with E-state index < -0.39 is 11.6 Å². The lowest BCUT2D eigenvalue weighted by atomic mass is 9.88. The fraction of sp³-hybridized carbons (Fsp3) is 0.435. The van der Waals surface area contributed by atoms with Crippen LogP contribution in [0.25, 0.3) is 10.2 Å². The van der Waals surface area contributed by atoms with Gasteiger partial charge in [0.25, 0.3) is 11.5 Å². The second-order valence-electron chi connectivity index (χ2n) is 9.23. The number of hydrogen-bond donors (Lipinski definition) is 3. The van der Waals surface area contributed by atoms with E-state index in [0.29, 0.717) is 36.5 Å². The Balaban J connectivity index is 1.46. The minimum absolute atomic E-state index is 0.192. The van der Waals surface area contributed by atoms with Crippen molar-refractivity contribution >= 4 is 44.9 Å². The SMILES string of the molecule is Cc1cc(Nc2ncnc3sc4c(c23)CC[C@H](C(=O)O)C4)c(=O)n2c1C(=O)NC21CCCC1. The van der Waals surface area contributed by atoms with Crippen molar-refractivity contribution in [3.05, 3.63) is 44.4 Å². The Morgan fingerprint density at radius 2 is 2.09 bits per heavy atom. The first-order chi connectivity index (χ1) is 15.9. The zero-order valence-electron chi connectivity index (χ0n) is 18.1. The van der Waals surface area contributed by atoms with Crippen molar-refractivity contribution in [2.75, 3.05) is 5.32 Å². The average molecular weight is 466 g/mol. The molecule has 3 aromatic heterocycles. The molecule has 1 amide bonds. The van der Waals surface area contributed by atoms with Gasteiger partial charge < -0.3 is 15.7 Å². The average Bonchev–Trinajstić information content (AvgIpc) is 3.47. The van der Waals surface area contributed by atoms with Crippen molar-refractivity contribution in [3.63, 3.8) is 0 Å². The largest absolute Gasteiger partial charge is 0.481 e. The number of nitrogens with zero attached hydrogens (tertiary/aromatic N) is 3. The number of carboxylic acid groups (broad SMARTS) is 1. The molecule has 1 aliphatic heterocycles. The Hall–Kier alpha value is -3.27. The molecule has 3 aliphatic rings. The van der Waals surface area contributed by atoms with Gasteiger partial charge in [0.1, 0.15) is 34.0 Å². The van der Waals surface area contributed by atoms with Gasteiger partial charge in [0.05, 0.1) is 11.3 Å². The molecule has 0 saturated heterocycles. The van der Waals surface area contributed by atoms with Crippen molar-refractivity contribution in [1.29, 1.82) is 0 Å². The summed E-state index contributed by atoms with van der Waals surface area (Å²) in [5, 5.41) is 16.6. The number of rotatable bonds is 3. The molecule has 1 saturated carbocycles. The first-order valence-electron chi connectivity index (χ1n) is 11.2. The Morgan fingerprint density at radius 1 is 1.30 bits per heavy atom. The molecule has 0 bridgehead atoms. The molecular weight excluding hydrogens is 442 g/mol. The van der Waals surface area contributed by atoms with Crippen LogP contribution in [0, 0.1) is 12.8 Å². The van der Waals surface area contributed by atoms with Crippen LogP contribution in [0.4, 0.5) is 11.5 Å². The van der Waals surface area contributed by atoms with Gasteiger partial charge in [0.15, 0.2) is 0 Å². The van der Waals surface area contributed by atoms with Gasteiger partial charge in [0, 0.05) is 4.88 Å². The zero-order valence-corrected chi connectivity index (χ0v) is 18.9. The van der Waals surface area contributed by atoms with Crippen molar-refractivity contribution in [2.24, 2.45) is 5.92 Å². The zero-order chi connectivity index (χ0) is 22.9. The minimum Gasteiger partial charge on any atom is -0.481 e. The molecule has 3 N–H and O–H groups in total. The van der Waals surface area contributed by atoms with Crippen LogP contribution in [-0.4, -0.2) is 31.5 Å². The summed E-state index contributed by atoms with van der Waals surface area (Å²) in [7, 11) is 0. The van der Waals surface area contributed by atoms with Gasteiger partial charge in [-0.05, 0) is 69.1 Å². The number of carboxylic acids is 1. The molecule has 1 atom stereocenters. The molecule has 0 aromatic carbocycles. The second kappa shape index (κ2) is 7.11. The number of thiophene rings is 1. The third-order valence-electron chi connectivity index (χ3n) is 7.26. The van der Waals surface area contributed by atoms with E-state index in [-0.39, 0.29) is 17.4 Å². The number of amides is 1. The van der Waals surface area contributed by atoms with Crippen LogP contribution in [-0.2, 0) is 23.3 Å². The lowest BCUT2D eigenvalue weighted by Crippen LogP contribution is -2.45. The monoisotopic (exact) mass is 465 g/mol. The van der Waals surface area contributed by atoms with E-state index in [4.69, 9.17) is 0 Å². The highest BCUT2D eigenvalue weighted by atomic mass is 32.1. The molecule has 0 radical (unpaired) electrons. The molecule has 0 unspecified atom stereocenters. The van der Waals surface area contributed by atoms with Gasteiger partial charge >= 0.3 is 5.97 Å². The normalized spacial score (nSPS) is 20.6. The van der Waals surface area contributed by atoms with Crippen LogP contribution in [0.15, 0.2) is 17.2 Å². The predicted molar refractivity (Wildman–Crippen MR) is 123 cm³/mol. The van der Waals surface area contributed by atoms with E-state index in [1.54, 1.807) is 10.6 Å². The lowest BCUT2D eigenvalue weighted by Gasteiger charge is -2.26. The van der Waals surface area contributed by atoms with Crippen LogP contribution < -0.4 is 16.2 Å². The van der Waals surface area contributed by atoms with Crippen LogP contribution in [0.5, 0.6) is 0 Å². The summed E-state index contributed by atoms with van der Waals surface area (Å²) in [5.41, 5.74) is 1.74. The van der Waals surface area contributed by atoms with E-state index in [0.717, 1.165) is 51.9 Å². The highest BCUT2D eigenvalue weighted by molar-refractivity contribution is 7.19. The van der Waals surface area contributed by atoms with Gasteiger partial charge in [-0.15, -0.1) is 11.3 Å². The maximum atomic E-state index is 13.6. The number of carbonyl (C=O) groups excluding carboxylic acids is 1. The van der Waals surface area contributed by atoms with Crippen LogP contribution >= 0.6 is 11.3 Å². The molecule has 33 heavy (non-hydrogen) atoms. The van der Waals surface area contributed by atoms with Crippen molar-refractivity contribution in [2.45, 2.75) is 57.5 Å². The molecule has 1 spiro atoms. The Kier molecular flexibility index (Phi) is 4.39. The van der Waals surface area contributed by atoms with E-state index in [2.05, 4.69) is 20.6 Å². The highest BCUT2D eigenvalue weighted by Crippen LogP contribution is 2.41. The number of carbonyl (C=O) groups is 2. The number of pyridine rings is 1. The van der Waals surface area contributed by atoms with Gasteiger partial charge in [0.2, 0.25) is 0 Å². The van der Waals surface area contributed by atoms with Gasteiger partial charge in [-0.2, -0.15) is 0 Å². The van der Waals surface area contributed by atoms with Gasteiger partial charge in [-0.25, -0.2) is 9.97 Å². The fourth-order valence-electron chi connectivity index (χ4n) is 5.70. The van der Waals surface area contributed by atoms with Crippen LogP contribution in [0.1, 0.15) is 58.6 Å². The maximum Gasteiger partial charge on any atom is 0.306 e. The Labute approximate surface area is 192 Å². The fourth-order valence-corrected chi connectivity index (χ4v) is 6.97. The van der Waals surface area contributed by atoms with Crippen molar-refractivity contribution < 1.29 is 14.7 Å². The summed E-state index contributed by atoms with van der Waals surface area (Å²) in [6, 6.07) is 1.72. The number of hydrogen-bond acceptors (Lipinski definition) is 7. The highest BCUT2D eigenvalue weighted by Gasteiger charge is 2.46. The van der Waals surface area contributed by atoms with E-state index in [9.17, 15) is 19.5 Å². The summed E-state index contributed by atoms with van der Waals surface area (Å²) in [6.45, 7) is 1.85. The van der Waals surface area contributed by atoms with E-state index >= 15 is 0 Å². The van der Waals surface area contributed by atoms with Gasteiger partial charge in [-0.3, -0.25) is 19.0 Å². The number of fused-ring (bicyclic) bond motifs is 5. The molecule has 4 heterocycles. The van der Waals surface area contributed by atoms with E-state index in [1.165, 1.54) is 17.7 Å². The number of anilines is 2. The number of aromatic nitrogens is 3. The summed E-state index contributed by atoms with van der Waals surface area (Å²) >= 11 is 1.50.